The third-order valence-corrected chi connectivity index (χ3v) is 4.20. The maximum atomic E-state index is 12.1. The van der Waals surface area contributed by atoms with E-state index in [1.165, 1.54) is 0 Å². The third-order valence-electron chi connectivity index (χ3n) is 4.20. The van der Waals surface area contributed by atoms with Crippen LogP contribution in [0.5, 0.6) is 0 Å². The van der Waals surface area contributed by atoms with E-state index < -0.39 is 11.5 Å². The molecule has 1 saturated heterocycles. The zero-order valence-corrected chi connectivity index (χ0v) is 10.8. The zero-order valence-electron chi connectivity index (χ0n) is 10.8. The van der Waals surface area contributed by atoms with Gasteiger partial charge in [-0.1, -0.05) is 6.92 Å². The van der Waals surface area contributed by atoms with Gasteiger partial charge in [0.25, 0.3) is 0 Å². The first-order valence-electron chi connectivity index (χ1n) is 6.67. The highest BCUT2D eigenvalue weighted by molar-refractivity contribution is 5.88. The molecule has 1 aliphatic heterocycles. The van der Waals surface area contributed by atoms with Gasteiger partial charge in [0.05, 0.1) is 12.5 Å². The molecule has 18 heavy (non-hydrogen) atoms. The van der Waals surface area contributed by atoms with Crippen LogP contribution in [0.1, 0.15) is 39.0 Å². The van der Waals surface area contributed by atoms with Crippen molar-refractivity contribution < 1.29 is 19.4 Å². The Bertz CT molecular complexity index is 328. The maximum Gasteiger partial charge on any atom is 0.329 e. The number of hydrogen-bond acceptors (Lipinski definition) is 3. The van der Waals surface area contributed by atoms with Gasteiger partial charge < -0.3 is 15.2 Å². The average Bonchev–Trinajstić information content (AvgIpc) is 2.85. The summed E-state index contributed by atoms with van der Waals surface area (Å²) in [6.07, 6.45) is 3.46. The lowest BCUT2D eigenvalue weighted by Gasteiger charge is -2.37. The summed E-state index contributed by atoms with van der Waals surface area (Å²) in [6.45, 7) is 3.13. The van der Waals surface area contributed by atoms with E-state index in [0.29, 0.717) is 38.4 Å². The molecule has 2 fully saturated rings. The van der Waals surface area contributed by atoms with Crippen LogP contribution in [0.25, 0.3) is 0 Å². The van der Waals surface area contributed by atoms with Crippen LogP contribution in [0.15, 0.2) is 0 Å². The number of carbonyl (C=O) groups excluding carboxylic acids is 1. The summed E-state index contributed by atoms with van der Waals surface area (Å²) in [5.74, 6) is -0.698. The van der Waals surface area contributed by atoms with Crippen LogP contribution in [-0.4, -0.2) is 35.7 Å². The van der Waals surface area contributed by atoms with Gasteiger partial charge >= 0.3 is 5.97 Å². The Hall–Kier alpha value is -1.10. The van der Waals surface area contributed by atoms with Gasteiger partial charge in [-0.05, 0) is 38.0 Å². The summed E-state index contributed by atoms with van der Waals surface area (Å²) in [4.78, 5) is 23.5. The van der Waals surface area contributed by atoms with E-state index in [9.17, 15) is 14.7 Å². The van der Waals surface area contributed by atoms with Crippen molar-refractivity contribution in [2.75, 3.05) is 13.2 Å². The SMILES string of the molecule is CC1CCC(NC(=O)C2CCOC2)(C(=O)O)CC1. The Labute approximate surface area is 107 Å². The van der Waals surface area contributed by atoms with E-state index in [1.807, 2.05) is 0 Å². The molecule has 1 atom stereocenters. The predicted octanol–water partition coefficient (Wildman–Crippen LogP) is 1.17. The molecule has 2 aliphatic rings. The van der Waals surface area contributed by atoms with Crippen LogP contribution in [-0.2, 0) is 14.3 Å². The second-order valence-corrected chi connectivity index (χ2v) is 5.62. The molecule has 0 aromatic carbocycles. The van der Waals surface area contributed by atoms with Gasteiger partial charge in [0.2, 0.25) is 5.91 Å². The Kier molecular flexibility index (Phi) is 3.90. The van der Waals surface area contributed by atoms with E-state index in [2.05, 4.69) is 12.2 Å². The number of aliphatic carboxylic acids is 1. The summed E-state index contributed by atoms with van der Waals surface area (Å²) in [6, 6.07) is 0. The van der Waals surface area contributed by atoms with Crippen LogP contribution in [0.2, 0.25) is 0 Å². The summed E-state index contributed by atoms with van der Waals surface area (Å²) in [7, 11) is 0. The molecule has 0 aromatic rings. The van der Waals surface area contributed by atoms with Crippen molar-refractivity contribution in [2.24, 2.45) is 11.8 Å². The molecular weight excluding hydrogens is 234 g/mol. The molecule has 1 heterocycles. The third kappa shape index (κ3) is 2.66. The second-order valence-electron chi connectivity index (χ2n) is 5.62. The molecule has 0 spiro atoms. The Morgan fingerprint density at radius 3 is 2.44 bits per heavy atom. The maximum absolute atomic E-state index is 12.1. The lowest BCUT2D eigenvalue weighted by atomic mass is 9.77. The molecule has 1 aliphatic carbocycles. The van der Waals surface area contributed by atoms with Gasteiger partial charge in [-0.3, -0.25) is 4.79 Å². The van der Waals surface area contributed by atoms with Crippen LogP contribution in [0.3, 0.4) is 0 Å². The minimum Gasteiger partial charge on any atom is -0.480 e. The summed E-state index contributed by atoms with van der Waals surface area (Å²) in [5, 5.41) is 12.2. The fraction of sp³-hybridized carbons (Fsp3) is 0.846. The molecular formula is C13H21NO4. The number of carboxylic acid groups (broad SMARTS) is 1. The first-order chi connectivity index (χ1) is 8.53. The summed E-state index contributed by atoms with van der Waals surface area (Å²) < 4.78 is 5.17. The van der Waals surface area contributed by atoms with Crippen molar-refractivity contribution >= 4 is 11.9 Å². The predicted molar refractivity (Wildman–Crippen MR) is 65.1 cm³/mol. The fourth-order valence-corrected chi connectivity index (χ4v) is 2.73. The minimum absolute atomic E-state index is 0.163. The monoisotopic (exact) mass is 255 g/mol. The molecule has 1 unspecified atom stereocenters. The molecule has 1 saturated carbocycles. The van der Waals surface area contributed by atoms with Gasteiger partial charge in [0.1, 0.15) is 5.54 Å². The average molecular weight is 255 g/mol. The van der Waals surface area contributed by atoms with Gasteiger partial charge in [-0.15, -0.1) is 0 Å². The lowest BCUT2D eigenvalue weighted by molar-refractivity contribution is -0.150. The highest BCUT2D eigenvalue weighted by Gasteiger charge is 2.43. The molecule has 5 heteroatoms. The van der Waals surface area contributed by atoms with Crippen LogP contribution in [0, 0.1) is 11.8 Å². The van der Waals surface area contributed by atoms with E-state index in [-0.39, 0.29) is 11.8 Å². The topological polar surface area (TPSA) is 75.6 Å². The Balaban J connectivity index is 2.01. The standard InChI is InChI=1S/C13H21NO4/c1-9-2-5-13(6-3-9,12(16)17)14-11(15)10-4-7-18-8-10/h9-10H,2-8H2,1H3,(H,14,15)(H,16,17). The first kappa shape index (κ1) is 13.3. The number of rotatable bonds is 3. The van der Waals surface area contributed by atoms with Crippen LogP contribution in [0.4, 0.5) is 0 Å². The molecule has 2 N–H and O–H groups in total. The van der Waals surface area contributed by atoms with Crippen LogP contribution >= 0.6 is 0 Å². The lowest BCUT2D eigenvalue weighted by Crippen LogP contribution is -2.57. The van der Waals surface area contributed by atoms with Crippen molar-refractivity contribution in [3.63, 3.8) is 0 Å². The molecule has 0 aromatic heterocycles. The summed E-state index contributed by atoms with van der Waals surface area (Å²) in [5.41, 5.74) is -1.05. The van der Waals surface area contributed by atoms with Crippen LogP contribution < -0.4 is 5.32 Å². The van der Waals surface area contributed by atoms with Crippen molar-refractivity contribution in [2.45, 2.75) is 44.6 Å². The second kappa shape index (κ2) is 5.26. The fourth-order valence-electron chi connectivity index (χ4n) is 2.73. The van der Waals surface area contributed by atoms with E-state index in [4.69, 9.17) is 4.74 Å². The van der Waals surface area contributed by atoms with Crippen molar-refractivity contribution in [3.05, 3.63) is 0 Å². The van der Waals surface area contributed by atoms with Crippen molar-refractivity contribution in [1.29, 1.82) is 0 Å². The smallest absolute Gasteiger partial charge is 0.329 e. The minimum atomic E-state index is -1.05. The number of carboxylic acids is 1. The van der Waals surface area contributed by atoms with Gasteiger partial charge in [0, 0.05) is 6.61 Å². The first-order valence-corrected chi connectivity index (χ1v) is 6.67. The summed E-state index contributed by atoms with van der Waals surface area (Å²) >= 11 is 0. The highest BCUT2D eigenvalue weighted by atomic mass is 16.5. The number of ether oxygens (including phenoxy) is 1. The van der Waals surface area contributed by atoms with E-state index in [1.54, 1.807) is 0 Å². The number of amides is 1. The van der Waals surface area contributed by atoms with Gasteiger partial charge in [-0.25, -0.2) is 4.79 Å². The number of carbonyl (C=O) groups is 2. The van der Waals surface area contributed by atoms with Gasteiger partial charge in [0.15, 0.2) is 0 Å². The quantitative estimate of drug-likeness (QED) is 0.794. The van der Waals surface area contributed by atoms with Crippen molar-refractivity contribution in [1.82, 2.24) is 5.32 Å². The van der Waals surface area contributed by atoms with E-state index >= 15 is 0 Å². The zero-order chi connectivity index (χ0) is 13.2. The largest absolute Gasteiger partial charge is 0.480 e. The normalized spacial score (nSPS) is 36.3. The molecule has 2 rings (SSSR count). The molecule has 0 radical (unpaired) electrons. The Morgan fingerprint density at radius 1 is 1.28 bits per heavy atom. The molecule has 1 amide bonds. The number of hydrogen-bond donors (Lipinski definition) is 2. The van der Waals surface area contributed by atoms with Crippen molar-refractivity contribution in [3.8, 4) is 0 Å². The number of nitrogens with one attached hydrogen (secondary N) is 1. The van der Waals surface area contributed by atoms with Gasteiger partial charge in [-0.2, -0.15) is 0 Å². The van der Waals surface area contributed by atoms with E-state index in [0.717, 1.165) is 12.8 Å². The highest BCUT2D eigenvalue weighted by Crippen LogP contribution is 2.32. The molecule has 102 valence electrons. The molecule has 5 nitrogen and oxygen atoms in total. The Morgan fingerprint density at radius 2 is 1.94 bits per heavy atom. The molecule has 0 bridgehead atoms.